The number of nitrogens with zero attached hydrogens (tertiary/aromatic N) is 1. The third kappa shape index (κ3) is 3.55. The van der Waals surface area contributed by atoms with Gasteiger partial charge in [0.15, 0.2) is 12.4 Å². The Morgan fingerprint density at radius 1 is 0.711 bits per heavy atom. The van der Waals surface area contributed by atoms with Gasteiger partial charge in [-0.3, -0.25) is 19.3 Å². The van der Waals surface area contributed by atoms with Gasteiger partial charge in [-0.05, 0) is 65.5 Å². The van der Waals surface area contributed by atoms with Crippen molar-refractivity contribution in [2.45, 2.75) is 6.42 Å². The van der Waals surface area contributed by atoms with Gasteiger partial charge in [-0.15, -0.1) is 0 Å². The van der Waals surface area contributed by atoms with Crippen LogP contribution in [-0.4, -0.2) is 30.2 Å². The zero-order chi connectivity index (χ0) is 26.0. The standard InChI is InChI=1S/C32H25NO5/c34-27(20-8-6-19(7-9-20)18-4-2-1-3-5-18)17-38-32(37)21-10-12-22(13-11-21)33-30(35)28-23-14-15-24(26-16-25(23)26)29(28)31(33)36/h1-15,23-26,28-29H,16-17H2/t23-,24-,25-,26-,28+,29+/m0/s1. The molecular formula is C32H25NO5. The summed E-state index contributed by atoms with van der Waals surface area (Å²) in [5.41, 5.74) is 3.22. The first-order valence-electron chi connectivity index (χ1n) is 13.0. The summed E-state index contributed by atoms with van der Waals surface area (Å²) in [4.78, 5) is 53.0. The zero-order valence-electron chi connectivity index (χ0n) is 20.5. The highest BCUT2D eigenvalue weighted by Crippen LogP contribution is 2.65. The van der Waals surface area contributed by atoms with E-state index in [0.29, 0.717) is 23.1 Å². The number of Topliss-reactive ketones (excluding diaryl/α,β-unsaturated/α-hetero) is 1. The molecule has 0 unspecified atom stereocenters. The third-order valence-corrected chi connectivity index (χ3v) is 8.67. The summed E-state index contributed by atoms with van der Waals surface area (Å²) in [7, 11) is 0. The summed E-state index contributed by atoms with van der Waals surface area (Å²) in [6, 6.07) is 23.3. The number of anilines is 1. The number of benzene rings is 3. The van der Waals surface area contributed by atoms with Gasteiger partial charge in [-0.1, -0.05) is 66.7 Å². The van der Waals surface area contributed by atoms with Gasteiger partial charge >= 0.3 is 5.97 Å². The van der Waals surface area contributed by atoms with Crippen molar-refractivity contribution in [1.82, 2.24) is 0 Å². The van der Waals surface area contributed by atoms with Crippen molar-refractivity contribution in [3.63, 3.8) is 0 Å². The molecule has 6 atom stereocenters. The quantitative estimate of drug-likeness (QED) is 0.206. The van der Waals surface area contributed by atoms with Crippen LogP contribution in [0.2, 0.25) is 0 Å². The number of carbonyl (C=O) groups excluding carboxylic acids is 4. The molecule has 0 N–H and O–H groups in total. The second-order valence-electron chi connectivity index (χ2n) is 10.7. The van der Waals surface area contributed by atoms with Crippen molar-refractivity contribution in [3.05, 3.63) is 102 Å². The Labute approximate surface area is 219 Å². The molecular weight excluding hydrogens is 478 g/mol. The van der Waals surface area contributed by atoms with Crippen LogP contribution in [0.3, 0.4) is 0 Å². The maximum absolute atomic E-state index is 13.3. The number of hydrogen-bond acceptors (Lipinski definition) is 5. The molecule has 5 aliphatic rings. The lowest BCUT2D eigenvalue weighted by molar-refractivity contribution is -0.124. The summed E-state index contributed by atoms with van der Waals surface area (Å²) in [5.74, 6) is -0.317. The van der Waals surface area contributed by atoms with Gasteiger partial charge in [-0.25, -0.2) is 4.79 Å². The molecule has 1 saturated heterocycles. The molecule has 1 heterocycles. The van der Waals surface area contributed by atoms with Crippen molar-refractivity contribution < 1.29 is 23.9 Å². The smallest absolute Gasteiger partial charge is 0.338 e. The van der Waals surface area contributed by atoms with Crippen LogP contribution in [0.5, 0.6) is 0 Å². The molecule has 188 valence electrons. The van der Waals surface area contributed by atoms with Crippen LogP contribution in [-0.2, 0) is 14.3 Å². The fraction of sp³-hybridized carbons (Fsp3) is 0.250. The van der Waals surface area contributed by atoms with E-state index in [-0.39, 0.29) is 53.4 Å². The summed E-state index contributed by atoms with van der Waals surface area (Å²) in [5, 5.41) is 0. The lowest BCUT2D eigenvalue weighted by Gasteiger charge is -2.37. The summed E-state index contributed by atoms with van der Waals surface area (Å²) in [6.07, 6.45) is 5.41. The van der Waals surface area contributed by atoms with Crippen LogP contribution < -0.4 is 4.90 Å². The minimum Gasteiger partial charge on any atom is -0.454 e. The average molecular weight is 504 g/mol. The van der Waals surface area contributed by atoms with Gasteiger partial charge in [0, 0.05) is 5.56 Å². The van der Waals surface area contributed by atoms with Crippen LogP contribution in [0.1, 0.15) is 27.1 Å². The van der Waals surface area contributed by atoms with E-state index >= 15 is 0 Å². The summed E-state index contributed by atoms with van der Waals surface area (Å²) >= 11 is 0. The predicted molar refractivity (Wildman–Crippen MR) is 140 cm³/mol. The van der Waals surface area contributed by atoms with E-state index < -0.39 is 5.97 Å². The molecule has 0 spiro atoms. The largest absolute Gasteiger partial charge is 0.454 e. The van der Waals surface area contributed by atoms with Crippen molar-refractivity contribution in [2.75, 3.05) is 11.5 Å². The van der Waals surface area contributed by atoms with E-state index in [2.05, 4.69) is 12.2 Å². The fourth-order valence-electron chi connectivity index (χ4n) is 6.73. The molecule has 0 radical (unpaired) electrons. The minimum absolute atomic E-state index is 0.135. The predicted octanol–water partition coefficient (Wildman–Crippen LogP) is 4.95. The Balaban J connectivity index is 0.994. The molecule has 4 aliphatic carbocycles. The molecule has 8 rings (SSSR count). The summed E-state index contributed by atoms with van der Waals surface area (Å²) in [6.45, 7) is -0.379. The second kappa shape index (κ2) is 8.62. The Kier molecular flexibility index (Phi) is 5.18. The Bertz CT molecular complexity index is 1460. The van der Waals surface area contributed by atoms with Gasteiger partial charge in [0.05, 0.1) is 23.1 Å². The van der Waals surface area contributed by atoms with Gasteiger partial charge < -0.3 is 4.74 Å². The fourth-order valence-corrected chi connectivity index (χ4v) is 6.73. The Morgan fingerprint density at radius 2 is 1.26 bits per heavy atom. The average Bonchev–Trinajstić information content (AvgIpc) is 3.75. The van der Waals surface area contributed by atoms with Crippen LogP contribution in [0, 0.1) is 35.5 Å². The maximum atomic E-state index is 13.3. The second-order valence-corrected chi connectivity index (χ2v) is 10.7. The highest BCUT2D eigenvalue weighted by molar-refractivity contribution is 6.22. The van der Waals surface area contributed by atoms with E-state index in [1.165, 1.54) is 17.0 Å². The lowest BCUT2D eigenvalue weighted by atomic mass is 9.63. The van der Waals surface area contributed by atoms with E-state index in [9.17, 15) is 19.2 Å². The SMILES string of the molecule is O=C(COC(=O)c1ccc(N2C(=O)[C@@H]3[C@H]4C=C[C@@H]([C@@H]5C[C@@H]45)[C@H]3C2=O)cc1)c1ccc(-c2ccccc2)cc1. The normalized spacial score (nSPS) is 28.2. The number of amides is 2. The molecule has 6 heteroatoms. The van der Waals surface area contributed by atoms with Gasteiger partial charge in [-0.2, -0.15) is 0 Å². The van der Waals surface area contributed by atoms with Gasteiger partial charge in [0.25, 0.3) is 0 Å². The van der Waals surface area contributed by atoms with Crippen molar-refractivity contribution in [2.24, 2.45) is 35.5 Å². The summed E-state index contributed by atoms with van der Waals surface area (Å²) < 4.78 is 5.25. The van der Waals surface area contributed by atoms with Crippen LogP contribution in [0.15, 0.2) is 91.0 Å². The first kappa shape index (κ1) is 22.8. The van der Waals surface area contributed by atoms with E-state index in [0.717, 1.165) is 17.5 Å². The third-order valence-electron chi connectivity index (χ3n) is 8.67. The van der Waals surface area contributed by atoms with E-state index in [1.54, 1.807) is 24.3 Å². The molecule has 6 nitrogen and oxygen atoms in total. The van der Waals surface area contributed by atoms with Crippen molar-refractivity contribution >= 4 is 29.3 Å². The van der Waals surface area contributed by atoms with E-state index in [4.69, 9.17) is 4.74 Å². The van der Waals surface area contributed by atoms with E-state index in [1.807, 2.05) is 42.5 Å². The van der Waals surface area contributed by atoms with Crippen LogP contribution >= 0.6 is 0 Å². The maximum Gasteiger partial charge on any atom is 0.338 e. The Hall–Kier alpha value is -4.32. The topological polar surface area (TPSA) is 80.8 Å². The van der Waals surface area contributed by atoms with Crippen LogP contribution in [0.4, 0.5) is 5.69 Å². The first-order chi connectivity index (χ1) is 18.5. The number of esters is 1. The highest BCUT2D eigenvalue weighted by Gasteiger charge is 2.67. The number of rotatable bonds is 6. The molecule has 0 aromatic heterocycles. The van der Waals surface area contributed by atoms with Crippen molar-refractivity contribution in [1.29, 1.82) is 0 Å². The van der Waals surface area contributed by atoms with Gasteiger partial charge in [0.1, 0.15) is 0 Å². The molecule has 38 heavy (non-hydrogen) atoms. The number of imide groups is 1. The molecule has 2 saturated carbocycles. The number of ether oxygens (including phenoxy) is 1. The van der Waals surface area contributed by atoms with Crippen LogP contribution in [0.25, 0.3) is 11.1 Å². The number of ketones is 1. The highest BCUT2D eigenvalue weighted by atomic mass is 16.5. The van der Waals surface area contributed by atoms with Crippen molar-refractivity contribution in [3.8, 4) is 11.1 Å². The molecule has 2 amide bonds. The molecule has 3 aromatic carbocycles. The lowest BCUT2D eigenvalue weighted by Crippen LogP contribution is -2.40. The number of hydrogen-bond donors (Lipinski definition) is 0. The molecule has 3 fully saturated rings. The molecule has 1 aliphatic heterocycles. The number of allylic oxidation sites excluding steroid dienone is 2. The first-order valence-corrected chi connectivity index (χ1v) is 13.0. The minimum atomic E-state index is -0.638. The van der Waals surface area contributed by atoms with Gasteiger partial charge in [0.2, 0.25) is 11.8 Å². The Morgan fingerprint density at radius 3 is 1.87 bits per heavy atom. The number of carbonyl (C=O) groups is 4. The molecule has 2 bridgehead atoms. The molecule has 3 aromatic rings. The zero-order valence-corrected chi connectivity index (χ0v) is 20.5. The monoisotopic (exact) mass is 503 g/mol.